The Bertz CT molecular complexity index is 1150. The second kappa shape index (κ2) is 9.70. The summed E-state index contributed by atoms with van der Waals surface area (Å²) in [5.74, 6) is -0.0223. The number of pyridine rings is 1. The maximum atomic E-state index is 13.1. The summed E-state index contributed by atoms with van der Waals surface area (Å²) in [4.78, 5) is 33.5. The third kappa shape index (κ3) is 5.06. The van der Waals surface area contributed by atoms with Gasteiger partial charge >= 0.3 is 0 Å². The Morgan fingerprint density at radius 3 is 2.45 bits per heavy atom. The highest BCUT2D eigenvalue weighted by molar-refractivity contribution is 6.12. The molecule has 1 fully saturated rings. The van der Waals surface area contributed by atoms with Crippen molar-refractivity contribution in [2.24, 2.45) is 0 Å². The lowest BCUT2D eigenvalue weighted by molar-refractivity contribution is -0.130. The smallest absolute Gasteiger partial charge is 0.256 e. The number of amides is 2. The highest BCUT2D eigenvalue weighted by atomic mass is 16.2. The molecule has 0 bridgehead atoms. The molecular weight excluding hydrogens is 416 g/mol. The molecule has 3 heterocycles. The molecule has 0 aliphatic carbocycles. The van der Waals surface area contributed by atoms with Crippen molar-refractivity contribution in [1.29, 1.82) is 0 Å². The molecule has 33 heavy (non-hydrogen) atoms. The fourth-order valence-corrected chi connectivity index (χ4v) is 4.20. The maximum Gasteiger partial charge on any atom is 0.256 e. The lowest BCUT2D eigenvalue weighted by Crippen LogP contribution is -2.47. The highest BCUT2D eigenvalue weighted by Crippen LogP contribution is 2.23. The van der Waals surface area contributed by atoms with Gasteiger partial charge < -0.3 is 10.2 Å². The molecule has 1 saturated heterocycles. The number of hydrogen-bond donors (Lipinski definition) is 1. The second-order valence-electron chi connectivity index (χ2n) is 8.83. The first-order valence-electron chi connectivity index (χ1n) is 11.6. The minimum Gasteiger partial charge on any atom is -0.340 e. The summed E-state index contributed by atoms with van der Waals surface area (Å²) in [7, 11) is 0. The first kappa shape index (κ1) is 22.9. The molecule has 1 atom stereocenters. The number of aromatic nitrogens is 3. The van der Waals surface area contributed by atoms with Gasteiger partial charge in [-0.25, -0.2) is 9.67 Å². The molecule has 2 aromatic heterocycles. The topological polar surface area (TPSA) is 83.4 Å². The molecule has 8 heteroatoms. The van der Waals surface area contributed by atoms with Gasteiger partial charge in [-0.05, 0) is 44.0 Å². The number of fused-ring (bicyclic) bond motifs is 1. The number of piperazine rings is 1. The quantitative estimate of drug-likeness (QED) is 0.623. The molecule has 0 saturated carbocycles. The van der Waals surface area contributed by atoms with Gasteiger partial charge in [-0.3, -0.25) is 14.5 Å². The first-order valence-corrected chi connectivity index (χ1v) is 11.6. The number of benzene rings is 1. The van der Waals surface area contributed by atoms with E-state index in [2.05, 4.69) is 34.1 Å². The number of carbonyl (C=O) groups excluding carboxylic acids is 2. The van der Waals surface area contributed by atoms with Gasteiger partial charge in [-0.1, -0.05) is 19.1 Å². The molecule has 2 amide bonds. The summed E-state index contributed by atoms with van der Waals surface area (Å²) in [5.41, 5.74) is 4.05. The summed E-state index contributed by atoms with van der Waals surface area (Å²) in [5, 5.41) is 8.27. The largest absolute Gasteiger partial charge is 0.340 e. The van der Waals surface area contributed by atoms with Crippen LogP contribution in [0.25, 0.3) is 11.0 Å². The average molecular weight is 449 g/mol. The zero-order valence-corrected chi connectivity index (χ0v) is 19.8. The predicted molar refractivity (Wildman–Crippen MR) is 129 cm³/mol. The fraction of sp³-hybridized carbons (Fsp3) is 0.440. The molecule has 3 aromatic rings. The molecule has 8 nitrogen and oxygen atoms in total. The van der Waals surface area contributed by atoms with Crippen LogP contribution in [0.15, 0.2) is 36.5 Å². The van der Waals surface area contributed by atoms with Crippen LogP contribution in [0.3, 0.4) is 0 Å². The number of nitrogens with one attached hydrogen (secondary N) is 1. The van der Waals surface area contributed by atoms with E-state index in [1.165, 1.54) is 5.56 Å². The Hall–Kier alpha value is -3.26. The molecule has 174 valence electrons. The minimum atomic E-state index is -0.165. The molecular formula is C25H32N6O2. The standard InChI is InChI=1S/C25H32N6O2/c1-5-18(3)31-24-23(15-26-31)22(14-17(2)27-24)25(33)28-21-8-6-20(7-9-21)16-29-10-12-30(13-11-29)19(4)32/h6-9,14-15,18H,5,10-13,16H2,1-4H3,(H,28,33)/t18-/m1/s1. The summed E-state index contributed by atoms with van der Waals surface area (Å²) in [6.07, 6.45) is 2.67. The SMILES string of the molecule is CC[C@@H](C)n1ncc2c(C(=O)Nc3ccc(CN4CCN(C(C)=O)CC4)cc3)cc(C)nc21. The number of anilines is 1. The van der Waals surface area contributed by atoms with Crippen LogP contribution in [0, 0.1) is 6.92 Å². The summed E-state index contributed by atoms with van der Waals surface area (Å²) >= 11 is 0. The number of rotatable bonds is 6. The van der Waals surface area contributed by atoms with E-state index >= 15 is 0 Å². The van der Waals surface area contributed by atoms with Gasteiger partial charge in [0.2, 0.25) is 5.91 Å². The average Bonchev–Trinajstić information content (AvgIpc) is 3.23. The predicted octanol–water partition coefficient (Wildman–Crippen LogP) is 3.63. The van der Waals surface area contributed by atoms with Gasteiger partial charge in [0.15, 0.2) is 5.65 Å². The normalized spacial score (nSPS) is 15.6. The number of nitrogens with zero attached hydrogens (tertiary/aromatic N) is 5. The van der Waals surface area contributed by atoms with Gasteiger partial charge in [0, 0.05) is 51.0 Å². The van der Waals surface area contributed by atoms with Gasteiger partial charge in [0.05, 0.1) is 23.2 Å². The van der Waals surface area contributed by atoms with E-state index in [0.29, 0.717) is 5.56 Å². The number of hydrogen-bond acceptors (Lipinski definition) is 5. The van der Waals surface area contributed by atoms with Crippen molar-refractivity contribution in [1.82, 2.24) is 24.6 Å². The molecule has 1 aromatic carbocycles. The van der Waals surface area contributed by atoms with Crippen LogP contribution in [0.2, 0.25) is 0 Å². The van der Waals surface area contributed by atoms with Crippen molar-refractivity contribution in [2.75, 3.05) is 31.5 Å². The minimum absolute atomic E-state index is 0.142. The van der Waals surface area contributed by atoms with Crippen molar-refractivity contribution in [2.45, 2.75) is 46.7 Å². The van der Waals surface area contributed by atoms with Gasteiger partial charge in [-0.15, -0.1) is 0 Å². The van der Waals surface area contributed by atoms with Gasteiger partial charge in [0.25, 0.3) is 5.91 Å². The Morgan fingerprint density at radius 1 is 1.12 bits per heavy atom. The molecule has 1 aliphatic rings. The number of carbonyl (C=O) groups is 2. The van der Waals surface area contributed by atoms with Crippen molar-refractivity contribution >= 4 is 28.5 Å². The van der Waals surface area contributed by atoms with Crippen LogP contribution in [0.5, 0.6) is 0 Å². The highest BCUT2D eigenvalue weighted by Gasteiger charge is 2.19. The monoisotopic (exact) mass is 448 g/mol. The van der Waals surface area contributed by atoms with Gasteiger partial charge in [0.1, 0.15) is 0 Å². The summed E-state index contributed by atoms with van der Waals surface area (Å²) in [6, 6.07) is 9.99. The van der Waals surface area contributed by atoms with Crippen LogP contribution in [-0.2, 0) is 11.3 Å². The molecule has 0 spiro atoms. The molecule has 0 radical (unpaired) electrons. The van der Waals surface area contributed by atoms with E-state index < -0.39 is 0 Å². The van der Waals surface area contributed by atoms with Crippen LogP contribution in [-0.4, -0.2) is 62.6 Å². The van der Waals surface area contributed by atoms with E-state index in [9.17, 15) is 9.59 Å². The summed E-state index contributed by atoms with van der Waals surface area (Å²) < 4.78 is 1.89. The Kier molecular flexibility index (Phi) is 6.74. The fourth-order valence-electron chi connectivity index (χ4n) is 4.20. The second-order valence-corrected chi connectivity index (χ2v) is 8.83. The van der Waals surface area contributed by atoms with Crippen LogP contribution in [0.4, 0.5) is 5.69 Å². The van der Waals surface area contributed by atoms with Crippen molar-refractivity contribution in [3.63, 3.8) is 0 Å². The molecule has 1 aliphatic heterocycles. The lowest BCUT2D eigenvalue weighted by Gasteiger charge is -2.34. The van der Waals surface area contributed by atoms with Crippen molar-refractivity contribution < 1.29 is 9.59 Å². The molecule has 1 N–H and O–H groups in total. The Morgan fingerprint density at radius 2 is 1.82 bits per heavy atom. The van der Waals surface area contributed by atoms with Crippen LogP contribution >= 0.6 is 0 Å². The zero-order valence-electron chi connectivity index (χ0n) is 19.8. The van der Waals surface area contributed by atoms with E-state index in [-0.39, 0.29) is 17.9 Å². The van der Waals surface area contributed by atoms with E-state index in [4.69, 9.17) is 0 Å². The maximum absolute atomic E-state index is 13.1. The Labute approximate surface area is 194 Å². The first-order chi connectivity index (χ1) is 15.9. The van der Waals surface area contributed by atoms with Crippen molar-refractivity contribution in [3.05, 3.63) is 53.3 Å². The van der Waals surface area contributed by atoms with E-state index in [1.54, 1.807) is 13.1 Å². The van der Waals surface area contributed by atoms with E-state index in [0.717, 1.165) is 61.6 Å². The molecule has 0 unspecified atom stereocenters. The van der Waals surface area contributed by atoms with E-state index in [1.807, 2.05) is 46.8 Å². The zero-order chi connectivity index (χ0) is 23.5. The summed E-state index contributed by atoms with van der Waals surface area (Å²) in [6.45, 7) is 11.9. The number of aryl methyl sites for hydroxylation is 1. The third-order valence-corrected chi connectivity index (χ3v) is 6.38. The van der Waals surface area contributed by atoms with Crippen LogP contribution in [0.1, 0.15) is 54.8 Å². The lowest BCUT2D eigenvalue weighted by atomic mass is 10.1. The Balaban J connectivity index is 1.43. The molecule has 4 rings (SSSR count). The van der Waals surface area contributed by atoms with Crippen molar-refractivity contribution in [3.8, 4) is 0 Å². The van der Waals surface area contributed by atoms with Gasteiger partial charge in [-0.2, -0.15) is 5.10 Å². The van der Waals surface area contributed by atoms with Crippen LogP contribution < -0.4 is 5.32 Å². The third-order valence-electron chi connectivity index (χ3n) is 6.38.